The van der Waals surface area contributed by atoms with Crippen LogP contribution in [0.2, 0.25) is 0 Å². The van der Waals surface area contributed by atoms with Gasteiger partial charge in [0.2, 0.25) is 0 Å². The molecule has 0 aromatic carbocycles. The molecule has 0 aromatic heterocycles. The lowest BCUT2D eigenvalue weighted by atomic mass is 9.96. The Morgan fingerprint density at radius 3 is 2.71 bits per heavy atom. The molecule has 2 aliphatic rings. The van der Waals surface area contributed by atoms with E-state index in [0.717, 1.165) is 12.5 Å². The van der Waals surface area contributed by atoms with E-state index in [0.29, 0.717) is 11.0 Å². The first-order valence-electron chi connectivity index (χ1n) is 5.99. The molecule has 2 rings (SSSR count). The van der Waals surface area contributed by atoms with Crippen LogP contribution < -0.4 is 5.73 Å². The van der Waals surface area contributed by atoms with Gasteiger partial charge in [-0.1, -0.05) is 13.3 Å². The van der Waals surface area contributed by atoms with Crippen molar-refractivity contribution in [1.82, 2.24) is 4.90 Å². The zero-order valence-corrected chi connectivity index (χ0v) is 9.84. The summed E-state index contributed by atoms with van der Waals surface area (Å²) in [6.07, 6.45) is 3.98. The fourth-order valence-electron chi connectivity index (χ4n) is 3.14. The van der Waals surface area contributed by atoms with Crippen LogP contribution in [0.15, 0.2) is 0 Å². The maximum absolute atomic E-state index is 5.86. The molecule has 1 heterocycles. The van der Waals surface area contributed by atoms with Crippen molar-refractivity contribution in [3.63, 3.8) is 0 Å². The van der Waals surface area contributed by atoms with Gasteiger partial charge in [0, 0.05) is 18.6 Å². The van der Waals surface area contributed by atoms with Crippen LogP contribution in [0.25, 0.3) is 0 Å². The fraction of sp³-hybridized carbons (Fsp3) is 1.00. The second kappa shape index (κ2) is 3.21. The average molecular weight is 196 g/mol. The summed E-state index contributed by atoms with van der Waals surface area (Å²) in [5.74, 6) is 0.920. The van der Waals surface area contributed by atoms with Gasteiger partial charge in [0.1, 0.15) is 0 Å². The normalized spacial score (nSPS) is 37.3. The molecule has 14 heavy (non-hydrogen) atoms. The van der Waals surface area contributed by atoms with E-state index >= 15 is 0 Å². The molecule has 1 aliphatic carbocycles. The molecule has 2 fully saturated rings. The lowest BCUT2D eigenvalue weighted by Crippen LogP contribution is -2.44. The summed E-state index contributed by atoms with van der Waals surface area (Å²) in [6, 6.07) is 0. The lowest BCUT2D eigenvalue weighted by Gasteiger charge is -2.37. The molecule has 1 saturated heterocycles. The van der Waals surface area contributed by atoms with Crippen LogP contribution in [-0.2, 0) is 0 Å². The van der Waals surface area contributed by atoms with E-state index in [9.17, 15) is 0 Å². The molecule has 0 amide bonds. The summed E-state index contributed by atoms with van der Waals surface area (Å²) in [4.78, 5) is 2.66. The Morgan fingerprint density at radius 2 is 2.21 bits per heavy atom. The summed E-state index contributed by atoms with van der Waals surface area (Å²) in [6.45, 7) is 10.5. The highest BCUT2D eigenvalue weighted by atomic mass is 15.2. The minimum atomic E-state index is 0.393. The van der Waals surface area contributed by atoms with Crippen molar-refractivity contribution in [3.8, 4) is 0 Å². The van der Waals surface area contributed by atoms with E-state index in [1.165, 1.54) is 32.4 Å². The van der Waals surface area contributed by atoms with E-state index < -0.39 is 0 Å². The number of piperidine rings is 1. The predicted molar refractivity (Wildman–Crippen MR) is 60.2 cm³/mol. The van der Waals surface area contributed by atoms with Crippen molar-refractivity contribution >= 4 is 0 Å². The molecule has 0 bridgehead atoms. The van der Waals surface area contributed by atoms with E-state index in [-0.39, 0.29) is 0 Å². The first-order chi connectivity index (χ1) is 6.54. The van der Waals surface area contributed by atoms with Crippen molar-refractivity contribution in [2.75, 3.05) is 19.6 Å². The summed E-state index contributed by atoms with van der Waals surface area (Å²) < 4.78 is 0. The Balaban J connectivity index is 1.96. The Bertz CT molecular complexity index is 220. The Kier molecular flexibility index (Phi) is 2.39. The number of hydrogen-bond acceptors (Lipinski definition) is 2. The monoisotopic (exact) mass is 196 g/mol. The molecule has 1 saturated carbocycles. The van der Waals surface area contributed by atoms with Gasteiger partial charge in [-0.25, -0.2) is 0 Å². The number of hydrogen-bond donors (Lipinski definition) is 1. The second-order valence-corrected chi connectivity index (χ2v) is 5.91. The molecule has 2 N–H and O–H groups in total. The Hall–Kier alpha value is -0.0800. The molecule has 2 nitrogen and oxygen atoms in total. The van der Waals surface area contributed by atoms with E-state index in [4.69, 9.17) is 5.73 Å². The summed E-state index contributed by atoms with van der Waals surface area (Å²) in [5, 5.41) is 0. The fourth-order valence-corrected chi connectivity index (χ4v) is 3.14. The zero-order valence-electron chi connectivity index (χ0n) is 9.84. The molecule has 82 valence electrons. The third kappa shape index (κ3) is 1.49. The first-order valence-corrected chi connectivity index (χ1v) is 5.99. The van der Waals surface area contributed by atoms with Gasteiger partial charge in [-0.05, 0) is 44.6 Å². The quantitative estimate of drug-likeness (QED) is 0.743. The maximum atomic E-state index is 5.86. The molecule has 2 unspecified atom stereocenters. The summed E-state index contributed by atoms with van der Waals surface area (Å²) in [7, 11) is 0. The largest absolute Gasteiger partial charge is 0.330 e. The predicted octanol–water partition coefficient (Wildman–Crippen LogP) is 1.85. The highest BCUT2D eigenvalue weighted by Crippen LogP contribution is 2.58. The van der Waals surface area contributed by atoms with E-state index in [1.807, 2.05) is 0 Å². The van der Waals surface area contributed by atoms with Crippen molar-refractivity contribution in [1.29, 1.82) is 0 Å². The highest BCUT2D eigenvalue weighted by molar-refractivity contribution is 5.12. The summed E-state index contributed by atoms with van der Waals surface area (Å²) >= 11 is 0. The van der Waals surface area contributed by atoms with Crippen molar-refractivity contribution in [2.24, 2.45) is 17.1 Å². The minimum absolute atomic E-state index is 0.393. The highest BCUT2D eigenvalue weighted by Gasteiger charge is 2.60. The van der Waals surface area contributed by atoms with Crippen LogP contribution in [0.3, 0.4) is 0 Å². The number of nitrogens with two attached hydrogens (primary N) is 1. The van der Waals surface area contributed by atoms with Gasteiger partial charge in [0.05, 0.1) is 0 Å². The van der Waals surface area contributed by atoms with Crippen LogP contribution in [0.5, 0.6) is 0 Å². The van der Waals surface area contributed by atoms with Crippen molar-refractivity contribution in [2.45, 2.75) is 45.6 Å². The molecule has 2 heteroatoms. The van der Waals surface area contributed by atoms with Gasteiger partial charge in [-0.2, -0.15) is 0 Å². The number of rotatable bonds is 4. The average Bonchev–Trinajstić information content (AvgIpc) is 2.69. The number of nitrogens with zero attached hydrogens (tertiary/aromatic N) is 1. The van der Waals surface area contributed by atoms with Gasteiger partial charge in [0.25, 0.3) is 0 Å². The molecule has 2 atom stereocenters. The Labute approximate surface area is 87.8 Å². The van der Waals surface area contributed by atoms with Gasteiger partial charge in [-0.15, -0.1) is 0 Å². The molecular weight excluding hydrogens is 172 g/mol. The first kappa shape index (κ1) is 10.4. The number of fused-ring (bicyclic) bond motifs is 1. The maximum Gasteiger partial charge on any atom is 0.0153 e. The van der Waals surface area contributed by atoms with Crippen LogP contribution >= 0.6 is 0 Å². The van der Waals surface area contributed by atoms with Crippen LogP contribution in [0.4, 0.5) is 0 Å². The lowest BCUT2D eigenvalue weighted by molar-refractivity contribution is 0.118. The van der Waals surface area contributed by atoms with Gasteiger partial charge in [0.15, 0.2) is 0 Å². The summed E-state index contributed by atoms with van der Waals surface area (Å²) in [5.41, 5.74) is 6.79. The van der Waals surface area contributed by atoms with Crippen LogP contribution in [0, 0.1) is 11.3 Å². The van der Waals surface area contributed by atoms with Gasteiger partial charge < -0.3 is 5.73 Å². The van der Waals surface area contributed by atoms with Crippen LogP contribution in [0.1, 0.15) is 40.0 Å². The molecule has 0 aromatic rings. The van der Waals surface area contributed by atoms with Crippen molar-refractivity contribution in [3.05, 3.63) is 0 Å². The zero-order chi connectivity index (χ0) is 10.4. The topological polar surface area (TPSA) is 29.3 Å². The third-order valence-corrected chi connectivity index (χ3v) is 4.43. The molecule has 0 spiro atoms. The molecular formula is C12H24N2. The van der Waals surface area contributed by atoms with E-state index in [1.54, 1.807) is 0 Å². The van der Waals surface area contributed by atoms with Crippen LogP contribution in [-0.4, -0.2) is 30.1 Å². The van der Waals surface area contributed by atoms with E-state index in [2.05, 4.69) is 25.7 Å². The molecule has 0 radical (unpaired) electrons. The van der Waals surface area contributed by atoms with Gasteiger partial charge >= 0.3 is 0 Å². The van der Waals surface area contributed by atoms with Crippen molar-refractivity contribution < 1.29 is 0 Å². The third-order valence-electron chi connectivity index (χ3n) is 4.43. The standard InChI is InChI=1S/C12H24N2/c1-4-5-11(2,3)14-7-10-6-12(10,8-13)9-14/h10H,4-9,13H2,1-3H3. The Morgan fingerprint density at radius 1 is 1.50 bits per heavy atom. The second-order valence-electron chi connectivity index (χ2n) is 5.91. The SMILES string of the molecule is CCCC(C)(C)N1CC2CC2(CN)C1. The van der Waals surface area contributed by atoms with Gasteiger partial charge in [-0.3, -0.25) is 4.90 Å². The minimum Gasteiger partial charge on any atom is -0.330 e. The smallest absolute Gasteiger partial charge is 0.0153 e. The molecule has 1 aliphatic heterocycles. The number of likely N-dealkylation sites (tertiary alicyclic amines) is 1.